The summed E-state index contributed by atoms with van der Waals surface area (Å²) in [4.78, 5) is 23.2. The van der Waals surface area contributed by atoms with Crippen molar-refractivity contribution in [3.05, 3.63) is 58.1 Å². The number of hydrogen-bond acceptors (Lipinski definition) is 4. The highest BCUT2D eigenvalue weighted by atomic mass is 35.5. The molecule has 1 N–H and O–H groups in total. The lowest BCUT2D eigenvalue weighted by Crippen LogP contribution is -2.29. The van der Waals surface area contributed by atoms with E-state index < -0.39 is 18.0 Å². The van der Waals surface area contributed by atoms with Gasteiger partial charge in [0.2, 0.25) is 0 Å². The molecule has 0 bridgehead atoms. The van der Waals surface area contributed by atoms with Gasteiger partial charge in [-0.05, 0) is 49.4 Å². The minimum atomic E-state index is -1.25. The molecule has 0 aliphatic heterocycles. The van der Waals surface area contributed by atoms with Crippen molar-refractivity contribution in [2.24, 2.45) is 0 Å². The zero-order chi connectivity index (χ0) is 17.0. The highest BCUT2D eigenvalue weighted by molar-refractivity contribution is 6.31. The van der Waals surface area contributed by atoms with Crippen molar-refractivity contribution in [3.63, 3.8) is 0 Å². The average Bonchev–Trinajstić information content (AvgIpc) is 2.51. The molecule has 2 aromatic rings. The van der Waals surface area contributed by atoms with Crippen LogP contribution >= 0.6 is 23.2 Å². The zero-order valence-electron chi connectivity index (χ0n) is 12.0. The van der Waals surface area contributed by atoms with E-state index in [0.717, 1.165) is 0 Å². The van der Waals surface area contributed by atoms with E-state index in [9.17, 15) is 9.59 Å². The van der Waals surface area contributed by atoms with Crippen molar-refractivity contribution in [1.29, 1.82) is 0 Å². The number of halogens is 2. The number of esters is 1. The van der Waals surface area contributed by atoms with E-state index >= 15 is 0 Å². The van der Waals surface area contributed by atoms with Gasteiger partial charge in [-0.2, -0.15) is 0 Å². The first-order chi connectivity index (χ1) is 10.9. The Morgan fingerprint density at radius 2 is 1.65 bits per heavy atom. The molecule has 0 amide bonds. The Bertz CT molecular complexity index is 728. The molecule has 7 heteroatoms. The van der Waals surface area contributed by atoms with Gasteiger partial charge in [0.15, 0.2) is 6.10 Å². The number of benzene rings is 2. The van der Waals surface area contributed by atoms with Crippen LogP contribution in [0, 0.1) is 0 Å². The van der Waals surface area contributed by atoms with Gasteiger partial charge in [0.05, 0.1) is 0 Å². The van der Waals surface area contributed by atoms with E-state index in [4.69, 9.17) is 37.8 Å². The van der Waals surface area contributed by atoms with Gasteiger partial charge in [0.1, 0.15) is 17.1 Å². The van der Waals surface area contributed by atoms with E-state index in [0.29, 0.717) is 10.8 Å². The summed E-state index contributed by atoms with van der Waals surface area (Å²) in [6, 6.07) is 10.4. The molecule has 0 heterocycles. The molecule has 0 aromatic heterocycles. The van der Waals surface area contributed by atoms with Gasteiger partial charge in [-0.25, -0.2) is 9.59 Å². The molecule has 0 aliphatic carbocycles. The molecule has 1 atom stereocenters. The van der Waals surface area contributed by atoms with Crippen molar-refractivity contribution in [2.75, 3.05) is 0 Å². The second kappa shape index (κ2) is 7.35. The summed E-state index contributed by atoms with van der Waals surface area (Å²) >= 11 is 11.5. The van der Waals surface area contributed by atoms with Gasteiger partial charge in [0, 0.05) is 10.0 Å². The van der Waals surface area contributed by atoms with Gasteiger partial charge in [0.25, 0.3) is 0 Å². The zero-order valence-corrected chi connectivity index (χ0v) is 13.5. The lowest BCUT2D eigenvalue weighted by molar-refractivity contribution is -0.141. The van der Waals surface area contributed by atoms with Crippen LogP contribution in [0.5, 0.6) is 11.5 Å². The monoisotopic (exact) mass is 354 g/mol. The molecule has 0 saturated heterocycles. The van der Waals surface area contributed by atoms with E-state index in [1.165, 1.54) is 25.1 Å². The fourth-order valence-electron chi connectivity index (χ4n) is 1.72. The summed E-state index contributed by atoms with van der Waals surface area (Å²) in [5.41, 5.74) is -0.204. The molecular formula is C16H12Cl2O5. The third-order valence-corrected chi connectivity index (χ3v) is 3.33. The first kappa shape index (κ1) is 17.1. The summed E-state index contributed by atoms with van der Waals surface area (Å²) in [5.74, 6) is -1.64. The van der Waals surface area contributed by atoms with Crippen LogP contribution in [0.15, 0.2) is 42.5 Å². The molecule has 120 valence electrons. The normalized spacial score (nSPS) is 11.6. The number of carboxylic acids is 1. The van der Waals surface area contributed by atoms with Gasteiger partial charge in [-0.1, -0.05) is 23.2 Å². The largest absolute Gasteiger partial charge is 0.479 e. The molecule has 2 aromatic carbocycles. The topological polar surface area (TPSA) is 72.8 Å². The predicted molar refractivity (Wildman–Crippen MR) is 85.6 cm³/mol. The summed E-state index contributed by atoms with van der Waals surface area (Å²) in [6.45, 7) is 1.49. The maximum Gasteiger partial charge on any atom is 0.352 e. The van der Waals surface area contributed by atoms with Crippen LogP contribution in [0.3, 0.4) is 0 Å². The van der Waals surface area contributed by atoms with E-state index in [-0.39, 0.29) is 16.3 Å². The quantitative estimate of drug-likeness (QED) is 0.647. The van der Waals surface area contributed by atoms with Crippen LogP contribution in [0.2, 0.25) is 10.0 Å². The van der Waals surface area contributed by atoms with Gasteiger partial charge in [-0.15, -0.1) is 0 Å². The summed E-state index contributed by atoms with van der Waals surface area (Å²) in [6.07, 6.45) is -0.937. The Labute approximate surface area is 142 Å². The first-order valence-electron chi connectivity index (χ1n) is 6.53. The fraction of sp³-hybridized carbons (Fsp3) is 0.125. The summed E-state index contributed by atoms with van der Waals surface area (Å²) in [5, 5.41) is 9.88. The van der Waals surface area contributed by atoms with Gasteiger partial charge < -0.3 is 14.6 Å². The molecule has 5 nitrogen and oxygen atoms in total. The second-order valence-corrected chi connectivity index (χ2v) is 5.45. The van der Waals surface area contributed by atoms with Crippen LogP contribution < -0.4 is 9.47 Å². The van der Waals surface area contributed by atoms with Crippen molar-refractivity contribution in [1.82, 2.24) is 0 Å². The molecule has 0 radical (unpaired) electrons. The SMILES string of the molecule is CC(Oc1ccc(Cl)cc1)C(=O)Oc1ccc(Cl)cc1C(=O)O. The maximum atomic E-state index is 12.0. The number of carbonyl (C=O) groups excluding carboxylic acids is 1. The molecule has 23 heavy (non-hydrogen) atoms. The van der Waals surface area contributed by atoms with Crippen LogP contribution in [0.25, 0.3) is 0 Å². The first-order valence-corrected chi connectivity index (χ1v) is 7.29. The van der Waals surface area contributed by atoms with Crippen LogP contribution in [-0.4, -0.2) is 23.1 Å². The average molecular weight is 355 g/mol. The lowest BCUT2D eigenvalue weighted by atomic mass is 10.2. The molecule has 0 saturated carbocycles. The molecule has 0 fully saturated rings. The van der Waals surface area contributed by atoms with E-state index in [1.807, 2.05) is 0 Å². The highest BCUT2D eigenvalue weighted by Crippen LogP contribution is 2.24. The fourth-order valence-corrected chi connectivity index (χ4v) is 2.01. The Morgan fingerprint density at radius 1 is 1.04 bits per heavy atom. The molecule has 0 spiro atoms. The van der Waals surface area contributed by atoms with Crippen LogP contribution in [0.4, 0.5) is 0 Å². The molecular weight excluding hydrogens is 343 g/mol. The van der Waals surface area contributed by atoms with Gasteiger partial charge >= 0.3 is 11.9 Å². The predicted octanol–water partition coefficient (Wildman–Crippen LogP) is 4.06. The highest BCUT2D eigenvalue weighted by Gasteiger charge is 2.21. The number of hydrogen-bond donors (Lipinski definition) is 1. The Balaban J connectivity index is 2.09. The third-order valence-electron chi connectivity index (χ3n) is 2.84. The van der Waals surface area contributed by atoms with E-state index in [1.54, 1.807) is 24.3 Å². The third kappa shape index (κ3) is 4.61. The molecule has 1 unspecified atom stereocenters. The van der Waals surface area contributed by atoms with Crippen molar-refractivity contribution >= 4 is 35.1 Å². The number of carboxylic acid groups (broad SMARTS) is 1. The maximum absolute atomic E-state index is 12.0. The Morgan fingerprint density at radius 3 is 2.26 bits per heavy atom. The standard InChI is InChI=1S/C16H12Cl2O5/c1-9(22-12-5-2-10(17)3-6-12)16(21)23-14-7-4-11(18)8-13(14)15(19)20/h2-9H,1H3,(H,19,20). The number of aromatic carboxylic acids is 1. The van der Waals surface area contributed by atoms with Crippen LogP contribution in [0.1, 0.15) is 17.3 Å². The molecule has 0 aliphatic rings. The minimum absolute atomic E-state index is 0.0987. The van der Waals surface area contributed by atoms with Gasteiger partial charge in [-0.3, -0.25) is 0 Å². The van der Waals surface area contributed by atoms with E-state index in [2.05, 4.69) is 0 Å². The van der Waals surface area contributed by atoms with Crippen molar-refractivity contribution < 1.29 is 24.2 Å². The van der Waals surface area contributed by atoms with Crippen molar-refractivity contribution in [3.8, 4) is 11.5 Å². The Hall–Kier alpha value is -2.24. The molecule has 2 rings (SSSR count). The Kier molecular flexibility index (Phi) is 5.47. The number of carbonyl (C=O) groups is 2. The minimum Gasteiger partial charge on any atom is -0.479 e. The number of ether oxygens (including phenoxy) is 2. The smallest absolute Gasteiger partial charge is 0.352 e. The summed E-state index contributed by atoms with van der Waals surface area (Å²) in [7, 11) is 0. The van der Waals surface area contributed by atoms with Crippen LogP contribution in [-0.2, 0) is 4.79 Å². The second-order valence-electron chi connectivity index (χ2n) is 4.58. The van der Waals surface area contributed by atoms with Crippen molar-refractivity contribution in [2.45, 2.75) is 13.0 Å². The number of rotatable bonds is 5. The lowest BCUT2D eigenvalue weighted by Gasteiger charge is -2.14. The summed E-state index contributed by atoms with van der Waals surface area (Å²) < 4.78 is 10.5.